The highest BCUT2D eigenvalue weighted by atomic mass is 35.5. The predicted octanol–water partition coefficient (Wildman–Crippen LogP) is 3.97. The summed E-state index contributed by atoms with van der Waals surface area (Å²) < 4.78 is 1.88. The molecule has 1 aromatic rings. The summed E-state index contributed by atoms with van der Waals surface area (Å²) in [6, 6.07) is 0. The Morgan fingerprint density at radius 3 is 2.19 bits per heavy atom. The largest absolute Gasteiger partial charge is 0.271 e. The fraction of sp³-hybridized carbons (Fsp3) is 0.750. The Labute approximate surface area is 108 Å². The van der Waals surface area contributed by atoms with Crippen LogP contribution in [0.25, 0.3) is 0 Å². The van der Waals surface area contributed by atoms with Crippen molar-refractivity contribution in [3.05, 3.63) is 16.4 Å². The lowest BCUT2D eigenvalue weighted by atomic mass is 9.80. The van der Waals surface area contributed by atoms with E-state index in [1.807, 2.05) is 18.7 Å². The van der Waals surface area contributed by atoms with Crippen LogP contribution >= 0.6 is 23.2 Å². The second kappa shape index (κ2) is 5.42. The molecule has 0 bridgehead atoms. The van der Waals surface area contributed by atoms with Gasteiger partial charge in [-0.2, -0.15) is 5.10 Å². The van der Waals surface area contributed by atoms with Crippen molar-refractivity contribution in [1.82, 2.24) is 9.78 Å². The van der Waals surface area contributed by atoms with Gasteiger partial charge in [0.05, 0.1) is 16.4 Å². The molecule has 0 spiro atoms. The van der Waals surface area contributed by atoms with Gasteiger partial charge < -0.3 is 0 Å². The third kappa shape index (κ3) is 2.54. The number of hydrogen-bond donors (Lipinski definition) is 0. The van der Waals surface area contributed by atoms with E-state index in [0.29, 0.717) is 5.88 Å². The van der Waals surface area contributed by atoms with E-state index in [2.05, 4.69) is 18.9 Å². The molecule has 0 amide bonds. The van der Waals surface area contributed by atoms with Crippen molar-refractivity contribution >= 4 is 23.2 Å². The lowest BCUT2D eigenvalue weighted by molar-refractivity contribution is 0.294. The first kappa shape index (κ1) is 13.9. The summed E-state index contributed by atoms with van der Waals surface area (Å²) in [5.74, 6) is 0.667. The van der Waals surface area contributed by atoms with Gasteiger partial charge in [-0.1, -0.05) is 25.4 Å². The highest BCUT2D eigenvalue weighted by molar-refractivity contribution is 6.31. The quantitative estimate of drug-likeness (QED) is 0.735. The molecule has 1 aromatic heterocycles. The average molecular weight is 263 g/mol. The smallest absolute Gasteiger partial charge is 0.0847 e. The topological polar surface area (TPSA) is 17.8 Å². The Kier molecular flexibility index (Phi) is 4.69. The van der Waals surface area contributed by atoms with E-state index in [4.69, 9.17) is 23.2 Å². The van der Waals surface area contributed by atoms with Gasteiger partial charge in [-0.25, -0.2) is 0 Å². The summed E-state index contributed by atoms with van der Waals surface area (Å²) in [5, 5.41) is 5.13. The molecule has 0 aliphatic heterocycles. The van der Waals surface area contributed by atoms with E-state index >= 15 is 0 Å². The summed E-state index contributed by atoms with van der Waals surface area (Å²) in [5.41, 5.74) is 2.14. The van der Waals surface area contributed by atoms with Gasteiger partial charge in [0, 0.05) is 12.9 Å². The van der Waals surface area contributed by atoms with Gasteiger partial charge in [0.15, 0.2) is 0 Å². The van der Waals surface area contributed by atoms with Gasteiger partial charge in [-0.3, -0.25) is 4.68 Å². The zero-order chi connectivity index (χ0) is 12.3. The minimum Gasteiger partial charge on any atom is -0.271 e. The van der Waals surface area contributed by atoms with Crippen LogP contribution in [0.2, 0.25) is 5.02 Å². The molecule has 0 N–H and O–H groups in total. The van der Waals surface area contributed by atoms with Crippen LogP contribution in [-0.4, -0.2) is 15.7 Å². The Morgan fingerprint density at radius 1 is 1.31 bits per heavy atom. The summed E-state index contributed by atoms with van der Waals surface area (Å²) in [7, 11) is 1.94. The van der Waals surface area contributed by atoms with E-state index in [1.165, 1.54) is 0 Å². The lowest BCUT2D eigenvalue weighted by Crippen LogP contribution is -2.25. The normalized spacial score (nSPS) is 12.1. The molecule has 0 atom stereocenters. The summed E-state index contributed by atoms with van der Waals surface area (Å²) in [6.07, 6.45) is 3.03. The molecule has 0 aliphatic rings. The molecule has 2 nitrogen and oxygen atoms in total. The van der Waals surface area contributed by atoms with Gasteiger partial charge >= 0.3 is 0 Å². The van der Waals surface area contributed by atoms with Crippen LogP contribution in [0.4, 0.5) is 0 Å². The van der Waals surface area contributed by atoms with Crippen LogP contribution in [0.5, 0.6) is 0 Å². The highest BCUT2D eigenvalue weighted by Crippen LogP contribution is 2.35. The molecule has 0 unspecified atom stereocenters. The van der Waals surface area contributed by atoms with Crippen molar-refractivity contribution in [2.45, 2.75) is 40.0 Å². The fourth-order valence-electron chi connectivity index (χ4n) is 1.96. The number of rotatable bonds is 5. The second-order valence-corrected chi connectivity index (χ2v) is 5.13. The summed E-state index contributed by atoms with van der Waals surface area (Å²) in [6.45, 7) is 6.30. The van der Waals surface area contributed by atoms with Crippen molar-refractivity contribution in [2.75, 3.05) is 5.88 Å². The number of aromatic nitrogens is 2. The molecule has 0 aromatic carbocycles. The molecule has 1 rings (SSSR count). The molecule has 0 radical (unpaired) electrons. The monoisotopic (exact) mass is 262 g/mol. The molecule has 16 heavy (non-hydrogen) atoms. The molecular formula is C12H20Cl2N2. The predicted molar refractivity (Wildman–Crippen MR) is 70.4 cm³/mol. The zero-order valence-corrected chi connectivity index (χ0v) is 12.0. The van der Waals surface area contributed by atoms with Crippen LogP contribution in [0, 0.1) is 12.3 Å². The van der Waals surface area contributed by atoms with Crippen LogP contribution in [0.1, 0.15) is 38.1 Å². The van der Waals surface area contributed by atoms with Crippen LogP contribution in [-0.2, 0) is 13.5 Å². The van der Waals surface area contributed by atoms with Gasteiger partial charge in [0.25, 0.3) is 0 Å². The fourth-order valence-corrected chi connectivity index (χ4v) is 2.66. The van der Waals surface area contributed by atoms with E-state index < -0.39 is 0 Å². The SMILES string of the molecule is CCC(CC)(CCl)Cc1c(Cl)c(C)nn1C. The van der Waals surface area contributed by atoms with Crippen molar-refractivity contribution in [1.29, 1.82) is 0 Å². The molecule has 0 saturated heterocycles. The van der Waals surface area contributed by atoms with Crippen molar-refractivity contribution in [2.24, 2.45) is 12.5 Å². The van der Waals surface area contributed by atoms with E-state index in [9.17, 15) is 0 Å². The maximum atomic E-state index is 6.26. The number of hydrogen-bond acceptors (Lipinski definition) is 1. The van der Waals surface area contributed by atoms with E-state index in [-0.39, 0.29) is 5.41 Å². The summed E-state index contributed by atoms with van der Waals surface area (Å²) >= 11 is 12.4. The molecule has 4 heteroatoms. The average Bonchev–Trinajstić information content (AvgIpc) is 2.52. The first-order valence-corrected chi connectivity index (χ1v) is 6.65. The minimum absolute atomic E-state index is 0.144. The number of nitrogens with zero attached hydrogens (tertiary/aromatic N) is 2. The zero-order valence-electron chi connectivity index (χ0n) is 10.5. The van der Waals surface area contributed by atoms with Gasteiger partial charge in [-0.05, 0) is 31.6 Å². The maximum absolute atomic E-state index is 6.26. The standard InChI is InChI=1S/C12H20Cl2N2/c1-5-12(6-2,8-13)7-10-11(14)9(3)15-16(10)4/h5-8H2,1-4H3. The number of halogens is 2. The van der Waals surface area contributed by atoms with Crippen LogP contribution in [0.15, 0.2) is 0 Å². The second-order valence-electron chi connectivity index (χ2n) is 4.49. The van der Waals surface area contributed by atoms with Gasteiger partial charge in [0.2, 0.25) is 0 Å². The van der Waals surface area contributed by atoms with E-state index in [1.54, 1.807) is 0 Å². The molecule has 0 aliphatic carbocycles. The Hall–Kier alpha value is -0.210. The maximum Gasteiger partial charge on any atom is 0.0847 e. The number of aryl methyl sites for hydroxylation is 2. The third-order valence-corrected chi connectivity index (χ3v) is 4.65. The Morgan fingerprint density at radius 2 is 1.88 bits per heavy atom. The molecule has 92 valence electrons. The number of alkyl halides is 1. The van der Waals surface area contributed by atoms with Crippen LogP contribution < -0.4 is 0 Å². The molecule has 0 saturated carbocycles. The Balaban J connectivity index is 3.02. The molecule has 0 fully saturated rings. The highest BCUT2D eigenvalue weighted by Gasteiger charge is 2.28. The van der Waals surface area contributed by atoms with Gasteiger partial charge in [0.1, 0.15) is 0 Å². The van der Waals surface area contributed by atoms with Crippen LogP contribution in [0.3, 0.4) is 0 Å². The Bertz CT molecular complexity index is 346. The third-order valence-electron chi connectivity index (χ3n) is 3.59. The van der Waals surface area contributed by atoms with Crippen molar-refractivity contribution in [3.8, 4) is 0 Å². The minimum atomic E-state index is 0.144. The van der Waals surface area contributed by atoms with E-state index in [0.717, 1.165) is 35.7 Å². The van der Waals surface area contributed by atoms with Crippen molar-refractivity contribution < 1.29 is 0 Å². The van der Waals surface area contributed by atoms with Crippen molar-refractivity contribution in [3.63, 3.8) is 0 Å². The summed E-state index contributed by atoms with van der Waals surface area (Å²) in [4.78, 5) is 0. The lowest BCUT2D eigenvalue weighted by Gasteiger charge is -2.29. The first-order valence-electron chi connectivity index (χ1n) is 5.73. The first-order chi connectivity index (χ1) is 7.49. The van der Waals surface area contributed by atoms with Gasteiger partial charge in [-0.15, -0.1) is 11.6 Å². The molecular weight excluding hydrogens is 243 g/mol. The molecule has 1 heterocycles.